The number of hydrogen-bond acceptors (Lipinski definition) is 4. The maximum atomic E-state index is 13.4. The fourth-order valence-electron chi connectivity index (χ4n) is 4.09. The Morgan fingerprint density at radius 1 is 1.11 bits per heavy atom. The maximum Gasteiger partial charge on any atom is 0.230 e. The molecule has 5 heteroatoms. The van der Waals surface area contributed by atoms with E-state index in [1.807, 2.05) is 36.4 Å². The van der Waals surface area contributed by atoms with Gasteiger partial charge in [0, 0.05) is 19.6 Å². The first kappa shape index (κ1) is 17.9. The van der Waals surface area contributed by atoms with Gasteiger partial charge in [-0.1, -0.05) is 42.5 Å². The summed E-state index contributed by atoms with van der Waals surface area (Å²) in [6.07, 6.45) is 0.694. The van der Waals surface area contributed by atoms with Gasteiger partial charge >= 0.3 is 0 Å². The molecule has 0 aromatic heterocycles. The number of para-hydroxylation sites is 1. The normalized spacial score (nSPS) is 22.7. The van der Waals surface area contributed by atoms with Crippen molar-refractivity contribution in [3.05, 3.63) is 59.7 Å². The first-order valence-corrected chi connectivity index (χ1v) is 9.50. The van der Waals surface area contributed by atoms with E-state index in [1.54, 1.807) is 7.11 Å². The Bertz CT molecular complexity index is 808. The first-order chi connectivity index (χ1) is 13.2. The lowest BCUT2D eigenvalue weighted by atomic mass is 9.93. The Morgan fingerprint density at radius 3 is 2.70 bits per heavy atom. The van der Waals surface area contributed by atoms with Gasteiger partial charge in [-0.15, -0.1) is 0 Å². The minimum atomic E-state index is -0.153. The van der Waals surface area contributed by atoms with Crippen LogP contribution in [0.2, 0.25) is 0 Å². The molecule has 0 aliphatic carbocycles. The van der Waals surface area contributed by atoms with E-state index in [1.165, 1.54) is 5.56 Å². The third-order valence-corrected chi connectivity index (χ3v) is 5.58. The summed E-state index contributed by atoms with van der Waals surface area (Å²) in [6, 6.07) is 16.3. The van der Waals surface area contributed by atoms with E-state index in [2.05, 4.69) is 29.0 Å². The molecule has 0 spiro atoms. The lowest BCUT2D eigenvalue weighted by molar-refractivity contribution is -0.142. The van der Waals surface area contributed by atoms with E-state index in [0.29, 0.717) is 13.0 Å². The molecule has 0 bridgehead atoms. The summed E-state index contributed by atoms with van der Waals surface area (Å²) >= 11 is 0. The third kappa shape index (κ3) is 3.52. The van der Waals surface area contributed by atoms with Gasteiger partial charge in [-0.25, -0.2) is 0 Å². The molecule has 1 amide bonds. The van der Waals surface area contributed by atoms with Crippen molar-refractivity contribution in [2.75, 3.05) is 40.4 Å². The largest absolute Gasteiger partial charge is 0.493 e. The molecule has 4 rings (SSSR count). The highest BCUT2D eigenvalue weighted by molar-refractivity contribution is 5.80. The van der Waals surface area contributed by atoms with E-state index < -0.39 is 0 Å². The number of fused-ring (bicyclic) bond motifs is 1. The molecular weight excluding hydrogens is 340 g/mol. The Kier molecular flexibility index (Phi) is 5.03. The molecule has 2 aromatic rings. The maximum absolute atomic E-state index is 13.4. The summed E-state index contributed by atoms with van der Waals surface area (Å²) in [5, 5.41) is 0. The number of amides is 1. The smallest absolute Gasteiger partial charge is 0.230 e. The molecule has 0 radical (unpaired) electrons. The highest BCUT2D eigenvalue weighted by Gasteiger charge is 2.36. The number of ether oxygens (including phenoxy) is 2. The van der Waals surface area contributed by atoms with Crippen LogP contribution in [0.15, 0.2) is 48.5 Å². The molecule has 1 saturated heterocycles. The Balaban J connectivity index is 1.56. The zero-order valence-electron chi connectivity index (χ0n) is 15.9. The monoisotopic (exact) mass is 366 g/mol. The molecule has 0 N–H and O–H groups in total. The zero-order chi connectivity index (χ0) is 18.8. The van der Waals surface area contributed by atoms with Crippen molar-refractivity contribution in [2.45, 2.75) is 12.5 Å². The van der Waals surface area contributed by atoms with Crippen LogP contribution >= 0.6 is 0 Å². The van der Waals surface area contributed by atoms with E-state index in [-0.39, 0.29) is 17.9 Å². The van der Waals surface area contributed by atoms with Crippen molar-refractivity contribution in [1.82, 2.24) is 9.80 Å². The number of carbonyl (C=O) groups is 1. The molecule has 142 valence electrons. The summed E-state index contributed by atoms with van der Waals surface area (Å²) < 4.78 is 11.3. The van der Waals surface area contributed by atoms with Crippen LogP contribution in [0.25, 0.3) is 0 Å². The standard InChI is InChI=1S/C22H26N2O3/c1-23-11-12-24(19(14-23)16-7-4-3-5-8-16)22(25)18-13-17-9-6-10-20(26-2)21(17)27-15-18/h3-10,18-19H,11-15H2,1-2H3/t18-,19+/m0/s1. The Hall–Kier alpha value is -2.53. The Morgan fingerprint density at radius 2 is 1.93 bits per heavy atom. The number of nitrogens with zero attached hydrogens (tertiary/aromatic N) is 2. The van der Waals surface area contributed by atoms with Gasteiger partial charge in [0.1, 0.15) is 6.61 Å². The number of rotatable bonds is 3. The average Bonchev–Trinajstić information content (AvgIpc) is 2.73. The minimum Gasteiger partial charge on any atom is -0.493 e. The van der Waals surface area contributed by atoms with Crippen molar-refractivity contribution in [3.63, 3.8) is 0 Å². The molecule has 2 heterocycles. The van der Waals surface area contributed by atoms with Crippen LogP contribution in [0.3, 0.4) is 0 Å². The van der Waals surface area contributed by atoms with Crippen LogP contribution < -0.4 is 9.47 Å². The summed E-state index contributed by atoms with van der Waals surface area (Å²) in [7, 11) is 3.76. The van der Waals surface area contributed by atoms with Crippen molar-refractivity contribution >= 4 is 5.91 Å². The lowest BCUT2D eigenvalue weighted by Gasteiger charge is -2.42. The van der Waals surface area contributed by atoms with Gasteiger partial charge < -0.3 is 19.3 Å². The summed E-state index contributed by atoms with van der Waals surface area (Å²) in [6.45, 7) is 2.90. The van der Waals surface area contributed by atoms with Gasteiger partial charge in [0.2, 0.25) is 5.91 Å². The number of likely N-dealkylation sites (N-methyl/N-ethyl adjacent to an activating group) is 1. The SMILES string of the molecule is COc1cccc2c1OC[C@@H](C(=O)N1CCN(C)C[C@@H]1c1ccccc1)C2. The fraction of sp³-hybridized carbons (Fsp3) is 0.409. The summed E-state index contributed by atoms with van der Waals surface area (Å²) in [5.41, 5.74) is 2.24. The van der Waals surface area contributed by atoms with E-state index in [4.69, 9.17) is 9.47 Å². The first-order valence-electron chi connectivity index (χ1n) is 9.50. The molecule has 5 nitrogen and oxygen atoms in total. The van der Waals surface area contributed by atoms with Gasteiger partial charge in [-0.3, -0.25) is 4.79 Å². The second kappa shape index (κ2) is 7.61. The second-order valence-corrected chi connectivity index (χ2v) is 7.38. The zero-order valence-corrected chi connectivity index (χ0v) is 15.9. The van der Waals surface area contributed by atoms with Crippen molar-refractivity contribution in [2.24, 2.45) is 5.92 Å². The molecule has 2 aromatic carbocycles. The Labute approximate surface area is 160 Å². The van der Waals surface area contributed by atoms with Crippen LogP contribution in [0.5, 0.6) is 11.5 Å². The van der Waals surface area contributed by atoms with Gasteiger partial charge in [-0.2, -0.15) is 0 Å². The van der Waals surface area contributed by atoms with Crippen molar-refractivity contribution < 1.29 is 14.3 Å². The fourth-order valence-corrected chi connectivity index (χ4v) is 4.09. The van der Waals surface area contributed by atoms with Gasteiger partial charge in [-0.05, 0) is 30.7 Å². The third-order valence-electron chi connectivity index (χ3n) is 5.58. The van der Waals surface area contributed by atoms with E-state index in [9.17, 15) is 4.79 Å². The molecule has 1 fully saturated rings. The van der Waals surface area contributed by atoms with Gasteiger partial charge in [0.15, 0.2) is 11.5 Å². The average molecular weight is 366 g/mol. The molecule has 27 heavy (non-hydrogen) atoms. The summed E-state index contributed by atoms with van der Waals surface area (Å²) in [4.78, 5) is 17.7. The van der Waals surface area contributed by atoms with E-state index >= 15 is 0 Å². The number of benzene rings is 2. The van der Waals surface area contributed by atoms with Gasteiger partial charge in [0.05, 0.1) is 19.1 Å². The number of methoxy groups -OCH3 is 1. The van der Waals surface area contributed by atoms with Crippen LogP contribution in [-0.4, -0.2) is 56.1 Å². The number of piperazine rings is 1. The number of carbonyl (C=O) groups excluding carboxylic acids is 1. The van der Waals surface area contributed by atoms with Gasteiger partial charge in [0.25, 0.3) is 0 Å². The molecule has 0 saturated carbocycles. The van der Waals surface area contributed by atoms with Crippen molar-refractivity contribution in [1.29, 1.82) is 0 Å². The summed E-state index contributed by atoms with van der Waals surface area (Å²) in [5.74, 6) is 1.55. The molecule has 2 aliphatic rings. The predicted molar refractivity (Wildman–Crippen MR) is 104 cm³/mol. The quantitative estimate of drug-likeness (QED) is 0.838. The molecule has 2 atom stereocenters. The minimum absolute atomic E-state index is 0.0872. The number of hydrogen-bond donors (Lipinski definition) is 0. The highest BCUT2D eigenvalue weighted by Crippen LogP contribution is 2.37. The van der Waals surface area contributed by atoms with E-state index in [0.717, 1.165) is 36.7 Å². The van der Waals surface area contributed by atoms with Crippen LogP contribution in [-0.2, 0) is 11.2 Å². The molecular formula is C22H26N2O3. The van der Waals surface area contributed by atoms with Crippen LogP contribution in [0.1, 0.15) is 17.2 Å². The second-order valence-electron chi connectivity index (χ2n) is 7.38. The van der Waals surface area contributed by atoms with Crippen LogP contribution in [0.4, 0.5) is 0 Å². The molecule has 0 unspecified atom stereocenters. The predicted octanol–water partition coefficient (Wildman–Crippen LogP) is 2.76. The molecule has 2 aliphatic heterocycles. The highest BCUT2D eigenvalue weighted by atomic mass is 16.5. The lowest BCUT2D eigenvalue weighted by Crippen LogP contribution is -2.52. The topological polar surface area (TPSA) is 42.0 Å². The van der Waals surface area contributed by atoms with Crippen molar-refractivity contribution in [3.8, 4) is 11.5 Å². The van der Waals surface area contributed by atoms with Crippen LogP contribution in [0, 0.1) is 5.92 Å².